The maximum Gasteiger partial charge on any atom is 0.258 e. The van der Waals surface area contributed by atoms with Gasteiger partial charge in [-0.1, -0.05) is 66.2 Å². The van der Waals surface area contributed by atoms with Crippen LogP contribution in [-0.2, 0) is 11.3 Å². The van der Waals surface area contributed by atoms with E-state index in [1.165, 1.54) is 5.56 Å². The third kappa shape index (κ3) is 5.99. The summed E-state index contributed by atoms with van der Waals surface area (Å²) in [5, 5.41) is 5.95. The Morgan fingerprint density at radius 3 is 2.27 bits per heavy atom. The van der Waals surface area contributed by atoms with Gasteiger partial charge in [0.05, 0.1) is 12.3 Å². The average molecular weight is 459 g/mol. The van der Waals surface area contributed by atoms with Crippen molar-refractivity contribution in [2.75, 3.05) is 13.2 Å². The van der Waals surface area contributed by atoms with E-state index in [9.17, 15) is 4.79 Å². The molecule has 1 heterocycles. The molecule has 33 heavy (non-hydrogen) atoms. The van der Waals surface area contributed by atoms with E-state index in [0.717, 1.165) is 27.4 Å². The number of rotatable bonds is 9. The summed E-state index contributed by atoms with van der Waals surface area (Å²) in [4.78, 5) is 17.0. The Balaban J connectivity index is 1.30. The van der Waals surface area contributed by atoms with Gasteiger partial charge < -0.3 is 14.8 Å². The molecule has 168 valence electrons. The molecule has 0 bridgehead atoms. The van der Waals surface area contributed by atoms with E-state index in [1.54, 1.807) is 17.4 Å². The summed E-state index contributed by atoms with van der Waals surface area (Å²) in [6.07, 6.45) is 0. The number of amides is 1. The molecule has 1 N–H and O–H groups in total. The van der Waals surface area contributed by atoms with E-state index in [0.29, 0.717) is 24.7 Å². The summed E-state index contributed by atoms with van der Waals surface area (Å²) in [5.74, 6) is 1.01. The third-order valence-electron chi connectivity index (χ3n) is 5.05. The van der Waals surface area contributed by atoms with E-state index in [2.05, 4.69) is 41.9 Å². The highest BCUT2D eigenvalue weighted by Crippen LogP contribution is 2.29. The van der Waals surface area contributed by atoms with Crippen LogP contribution in [0.2, 0.25) is 0 Å². The molecule has 0 saturated heterocycles. The molecular formula is C27H26N2O3S. The molecule has 0 atom stereocenters. The fraction of sp³-hybridized carbons (Fsp3) is 0.185. The fourth-order valence-electron chi connectivity index (χ4n) is 3.27. The van der Waals surface area contributed by atoms with Crippen molar-refractivity contribution in [3.8, 4) is 33.3 Å². The molecule has 6 heteroatoms. The number of hydrogen-bond donors (Lipinski definition) is 1. The summed E-state index contributed by atoms with van der Waals surface area (Å²) >= 11 is 1.63. The Hall–Kier alpha value is -3.64. The van der Waals surface area contributed by atoms with Gasteiger partial charge in [-0.25, -0.2) is 4.98 Å². The van der Waals surface area contributed by atoms with Crippen molar-refractivity contribution in [1.29, 1.82) is 0 Å². The van der Waals surface area contributed by atoms with Crippen molar-refractivity contribution in [3.05, 3.63) is 89.3 Å². The molecule has 1 aromatic heterocycles. The highest BCUT2D eigenvalue weighted by molar-refractivity contribution is 7.13. The molecule has 3 aromatic carbocycles. The zero-order valence-corrected chi connectivity index (χ0v) is 19.5. The van der Waals surface area contributed by atoms with E-state index in [4.69, 9.17) is 14.5 Å². The maximum atomic E-state index is 12.2. The second-order valence-electron chi connectivity index (χ2n) is 7.55. The largest absolute Gasteiger partial charge is 0.490 e. The predicted molar refractivity (Wildman–Crippen MR) is 133 cm³/mol. The standard InChI is InChI=1S/C27H26N2O3S/c1-3-31-24-6-4-5-7-25(24)32-17-26(30)28-16-20-10-14-22(15-11-20)27-29-23(18-33-27)21-12-8-19(2)9-13-21/h4-15,18H,3,16-17H2,1-2H3,(H,28,30). The number of nitrogens with one attached hydrogen (secondary N) is 1. The van der Waals surface area contributed by atoms with Crippen LogP contribution < -0.4 is 14.8 Å². The zero-order valence-electron chi connectivity index (χ0n) is 18.7. The Morgan fingerprint density at radius 2 is 1.58 bits per heavy atom. The van der Waals surface area contributed by atoms with E-state index < -0.39 is 0 Å². The Morgan fingerprint density at radius 1 is 0.909 bits per heavy atom. The van der Waals surface area contributed by atoms with Crippen molar-refractivity contribution in [3.63, 3.8) is 0 Å². The smallest absolute Gasteiger partial charge is 0.258 e. The van der Waals surface area contributed by atoms with E-state index >= 15 is 0 Å². The van der Waals surface area contributed by atoms with Crippen LogP contribution in [0.3, 0.4) is 0 Å². The van der Waals surface area contributed by atoms with Crippen LogP contribution in [0.1, 0.15) is 18.1 Å². The number of ether oxygens (including phenoxy) is 2. The second kappa shape index (κ2) is 10.8. The molecule has 0 radical (unpaired) electrons. The van der Waals surface area contributed by atoms with Crippen LogP contribution in [0.5, 0.6) is 11.5 Å². The molecule has 0 unspecified atom stereocenters. The summed E-state index contributed by atoms with van der Waals surface area (Å²) in [6.45, 7) is 4.89. The second-order valence-corrected chi connectivity index (χ2v) is 8.40. The van der Waals surface area contributed by atoms with Crippen molar-refractivity contribution >= 4 is 17.2 Å². The van der Waals surface area contributed by atoms with Gasteiger partial charge in [0.2, 0.25) is 0 Å². The lowest BCUT2D eigenvalue weighted by Gasteiger charge is -2.11. The highest BCUT2D eigenvalue weighted by Gasteiger charge is 2.09. The lowest BCUT2D eigenvalue weighted by molar-refractivity contribution is -0.123. The normalized spacial score (nSPS) is 10.6. The average Bonchev–Trinajstić information content (AvgIpc) is 3.33. The van der Waals surface area contributed by atoms with Gasteiger partial charge in [-0.15, -0.1) is 11.3 Å². The number of carbonyl (C=O) groups excluding carboxylic acids is 1. The number of aromatic nitrogens is 1. The van der Waals surface area contributed by atoms with Gasteiger partial charge in [0.25, 0.3) is 5.91 Å². The van der Waals surface area contributed by atoms with Gasteiger partial charge in [0.1, 0.15) is 5.01 Å². The van der Waals surface area contributed by atoms with E-state index in [-0.39, 0.29) is 12.5 Å². The van der Waals surface area contributed by atoms with Gasteiger partial charge in [-0.2, -0.15) is 0 Å². The number of aryl methyl sites for hydroxylation is 1. The predicted octanol–water partition coefficient (Wildman–Crippen LogP) is 5.88. The van der Waals surface area contributed by atoms with Crippen molar-refractivity contribution in [2.45, 2.75) is 20.4 Å². The van der Waals surface area contributed by atoms with Crippen LogP contribution in [0.15, 0.2) is 78.2 Å². The summed E-state index contributed by atoms with van der Waals surface area (Å²) in [7, 11) is 0. The zero-order chi connectivity index (χ0) is 23.0. The number of para-hydroxylation sites is 2. The first-order chi connectivity index (χ1) is 16.1. The number of thiazole rings is 1. The summed E-state index contributed by atoms with van der Waals surface area (Å²) < 4.78 is 11.1. The molecule has 4 aromatic rings. The number of carbonyl (C=O) groups is 1. The molecule has 0 saturated carbocycles. The van der Waals surface area contributed by atoms with Crippen molar-refractivity contribution < 1.29 is 14.3 Å². The van der Waals surface area contributed by atoms with Crippen molar-refractivity contribution in [1.82, 2.24) is 10.3 Å². The Bertz CT molecular complexity index is 1200. The monoisotopic (exact) mass is 458 g/mol. The minimum atomic E-state index is -0.187. The van der Waals surface area contributed by atoms with Crippen LogP contribution in [0.4, 0.5) is 0 Å². The highest BCUT2D eigenvalue weighted by atomic mass is 32.1. The minimum Gasteiger partial charge on any atom is -0.490 e. The van der Waals surface area contributed by atoms with Gasteiger partial charge in [-0.3, -0.25) is 4.79 Å². The number of benzene rings is 3. The molecule has 0 spiro atoms. The van der Waals surface area contributed by atoms with Crippen molar-refractivity contribution in [2.24, 2.45) is 0 Å². The molecule has 0 aliphatic carbocycles. The third-order valence-corrected chi connectivity index (χ3v) is 5.94. The first kappa shape index (κ1) is 22.6. The van der Waals surface area contributed by atoms with Gasteiger partial charge in [-0.05, 0) is 31.5 Å². The molecule has 0 aliphatic rings. The summed E-state index contributed by atoms with van der Waals surface area (Å²) in [6, 6.07) is 23.8. The quantitative estimate of drug-likeness (QED) is 0.340. The van der Waals surface area contributed by atoms with E-state index in [1.807, 2.05) is 49.4 Å². The van der Waals surface area contributed by atoms with Gasteiger partial charge >= 0.3 is 0 Å². The molecule has 0 fully saturated rings. The first-order valence-electron chi connectivity index (χ1n) is 10.9. The van der Waals surface area contributed by atoms with Gasteiger partial charge in [0.15, 0.2) is 18.1 Å². The fourth-order valence-corrected chi connectivity index (χ4v) is 4.10. The van der Waals surface area contributed by atoms with Crippen LogP contribution in [-0.4, -0.2) is 24.1 Å². The molecule has 0 aliphatic heterocycles. The lowest BCUT2D eigenvalue weighted by Crippen LogP contribution is -2.28. The van der Waals surface area contributed by atoms with Crippen LogP contribution >= 0.6 is 11.3 Å². The lowest BCUT2D eigenvalue weighted by atomic mass is 10.1. The molecule has 5 nitrogen and oxygen atoms in total. The molecule has 1 amide bonds. The van der Waals surface area contributed by atoms with Gasteiger partial charge in [0, 0.05) is 23.1 Å². The summed E-state index contributed by atoms with van der Waals surface area (Å²) in [5.41, 5.74) is 5.41. The molecule has 4 rings (SSSR count). The Labute approximate surface area is 198 Å². The number of nitrogens with zero attached hydrogens (tertiary/aromatic N) is 1. The molecular weight excluding hydrogens is 432 g/mol. The SMILES string of the molecule is CCOc1ccccc1OCC(=O)NCc1ccc(-c2nc(-c3ccc(C)cc3)cs2)cc1. The maximum absolute atomic E-state index is 12.2. The van der Waals surface area contributed by atoms with Crippen LogP contribution in [0, 0.1) is 6.92 Å². The Kier molecular flexibility index (Phi) is 7.37. The first-order valence-corrected chi connectivity index (χ1v) is 11.7. The number of hydrogen-bond acceptors (Lipinski definition) is 5. The minimum absolute atomic E-state index is 0.0664. The van der Waals surface area contributed by atoms with Crippen LogP contribution in [0.25, 0.3) is 21.8 Å². The topological polar surface area (TPSA) is 60.5 Å².